The summed E-state index contributed by atoms with van der Waals surface area (Å²) in [5, 5.41) is 0. The fourth-order valence-electron chi connectivity index (χ4n) is 18.7. The van der Waals surface area contributed by atoms with E-state index in [0.29, 0.717) is 21.7 Å². The van der Waals surface area contributed by atoms with Gasteiger partial charge in [0.1, 0.15) is 0 Å². The lowest BCUT2D eigenvalue weighted by Gasteiger charge is -2.60. The van der Waals surface area contributed by atoms with Crippen molar-refractivity contribution in [3.8, 4) is 0 Å². The molecule has 0 nitrogen and oxygen atoms in total. The largest absolute Gasteiger partial charge is 0.0673 e. The van der Waals surface area contributed by atoms with Crippen LogP contribution in [-0.2, 0) is 0 Å². The molecule has 0 aromatic rings. The summed E-state index contributed by atoms with van der Waals surface area (Å²) in [7, 11) is 4.91. The van der Waals surface area contributed by atoms with Crippen molar-refractivity contribution in [1.29, 1.82) is 0 Å². The standard InChI is InChI=1S/C44H62S2/c1-27-2-29-3-28(1)14-41(13-27,15-29)25-39(43-19-33-7-34(20-43)9-35(8-33)21-43)45-46-40(44-22-36-10-37(23-44)12-38(11-36)24-44)26-42-16-30-4-31(17-42)6-32(5-30)18-42/h25-38H,1-24H2/b39-25-,40-26+. The van der Waals surface area contributed by atoms with Gasteiger partial charge in [0.2, 0.25) is 0 Å². The second-order valence-corrected chi connectivity index (χ2v) is 24.4. The van der Waals surface area contributed by atoms with E-state index < -0.39 is 0 Å². The molecule has 0 aromatic carbocycles. The van der Waals surface area contributed by atoms with Gasteiger partial charge in [-0.15, -0.1) is 0 Å². The van der Waals surface area contributed by atoms with Crippen LogP contribution in [0.25, 0.3) is 0 Å². The highest BCUT2D eigenvalue weighted by Crippen LogP contribution is 2.72. The van der Waals surface area contributed by atoms with E-state index in [1.54, 1.807) is 154 Å². The third-order valence-corrected chi connectivity index (χ3v) is 21.3. The molecule has 0 N–H and O–H groups in total. The van der Waals surface area contributed by atoms with E-state index in [2.05, 4.69) is 33.7 Å². The lowest BCUT2D eigenvalue weighted by molar-refractivity contribution is -0.0355. The van der Waals surface area contributed by atoms with Crippen molar-refractivity contribution in [2.75, 3.05) is 0 Å². The molecule has 16 bridgehead atoms. The van der Waals surface area contributed by atoms with E-state index in [9.17, 15) is 0 Å². The molecule has 46 heavy (non-hydrogen) atoms. The molecule has 0 saturated heterocycles. The van der Waals surface area contributed by atoms with Crippen molar-refractivity contribution < 1.29 is 0 Å². The molecule has 16 aliphatic carbocycles. The van der Waals surface area contributed by atoms with E-state index in [0.717, 1.165) is 71.0 Å². The maximum absolute atomic E-state index is 3.14. The molecule has 16 rings (SSSR count). The van der Waals surface area contributed by atoms with Gasteiger partial charge in [-0.25, -0.2) is 0 Å². The molecular formula is C44H62S2. The van der Waals surface area contributed by atoms with E-state index in [1.165, 1.54) is 0 Å². The van der Waals surface area contributed by atoms with Crippen molar-refractivity contribution in [3.05, 3.63) is 22.0 Å². The van der Waals surface area contributed by atoms with Crippen LogP contribution >= 0.6 is 21.6 Å². The van der Waals surface area contributed by atoms with Gasteiger partial charge in [-0.3, -0.25) is 0 Å². The summed E-state index contributed by atoms with van der Waals surface area (Å²) < 4.78 is 0. The van der Waals surface area contributed by atoms with Crippen LogP contribution in [0.1, 0.15) is 154 Å². The van der Waals surface area contributed by atoms with Gasteiger partial charge in [0.05, 0.1) is 0 Å². The van der Waals surface area contributed by atoms with Gasteiger partial charge in [-0.05, 0) is 246 Å². The van der Waals surface area contributed by atoms with Gasteiger partial charge < -0.3 is 0 Å². The first kappa shape index (κ1) is 28.8. The zero-order valence-electron chi connectivity index (χ0n) is 28.9. The van der Waals surface area contributed by atoms with Crippen LogP contribution in [0.2, 0.25) is 0 Å². The quantitative estimate of drug-likeness (QED) is 0.251. The summed E-state index contributed by atoms with van der Waals surface area (Å²) in [5.74, 6) is 12.7. The lowest BCUT2D eigenvalue weighted by atomic mass is 9.47. The molecule has 0 amide bonds. The Kier molecular flexibility index (Phi) is 6.23. The first-order valence-electron chi connectivity index (χ1n) is 21.2. The molecule has 16 fully saturated rings. The molecule has 250 valence electrons. The summed E-state index contributed by atoms with van der Waals surface area (Å²) in [6.07, 6.45) is 44.1. The number of allylic oxidation sites excluding steroid dienone is 4. The molecule has 0 aromatic heterocycles. The van der Waals surface area contributed by atoms with Gasteiger partial charge >= 0.3 is 0 Å². The Balaban J connectivity index is 0.938. The molecule has 0 unspecified atom stereocenters. The number of hydrogen-bond acceptors (Lipinski definition) is 2. The predicted molar refractivity (Wildman–Crippen MR) is 194 cm³/mol. The molecule has 2 heteroatoms. The molecule has 16 saturated carbocycles. The highest BCUT2D eigenvalue weighted by molar-refractivity contribution is 8.79. The Bertz CT molecular complexity index is 1100. The topological polar surface area (TPSA) is 0 Å². The summed E-state index contributed by atoms with van der Waals surface area (Å²) in [5.41, 5.74) is 2.27. The van der Waals surface area contributed by atoms with Crippen LogP contribution in [0.15, 0.2) is 22.0 Å². The normalized spacial score (nSPS) is 60.2. The Morgan fingerprint density at radius 1 is 0.304 bits per heavy atom. The SMILES string of the molecule is C(=C(/SS/C(=C/C12CC3CC(CC(C3)C1)C2)C12CC3CC(CC(C3)C1)C2)C12CC3CC(CC(C3)C1)C2)/C12CC3CC(CC(C3)C1)C2. The van der Waals surface area contributed by atoms with Gasteiger partial charge in [-0.2, -0.15) is 0 Å². The number of hydrogen-bond donors (Lipinski definition) is 0. The second-order valence-electron chi connectivity index (χ2n) is 22.1. The third kappa shape index (κ3) is 4.51. The maximum atomic E-state index is 3.14. The monoisotopic (exact) mass is 654 g/mol. The van der Waals surface area contributed by atoms with Crippen LogP contribution in [0.5, 0.6) is 0 Å². The average Bonchev–Trinajstić information content (AvgIpc) is 2.96. The molecule has 0 radical (unpaired) electrons. The minimum absolute atomic E-state index is 0.559. The van der Waals surface area contributed by atoms with Crippen LogP contribution < -0.4 is 0 Å². The lowest BCUT2D eigenvalue weighted by Crippen LogP contribution is -2.48. The first-order chi connectivity index (χ1) is 22.4. The number of rotatable bonds is 7. The minimum atomic E-state index is 0.559. The zero-order chi connectivity index (χ0) is 29.9. The van der Waals surface area contributed by atoms with Crippen molar-refractivity contribution in [2.24, 2.45) is 92.7 Å². The molecule has 0 aliphatic heterocycles. The van der Waals surface area contributed by atoms with Crippen molar-refractivity contribution in [1.82, 2.24) is 0 Å². The average molecular weight is 655 g/mol. The summed E-state index contributed by atoms with van der Waals surface area (Å²) >= 11 is 0. The molecule has 0 heterocycles. The highest BCUT2D eigenvalue weighted by Gasteiger charge is 2.58. The zero-order valence-corrected chi connectivity index (χ0v) is 30.5. The fraction of sp³-hybridized carbons (Fsp3) is 0.909. The Labute approximate surface area is 289 Å². The Morgan fingerprint density at radius 2 is 0.500 bits per heavy atom. The van der Waals surface area contributed by atoms with Crippen LogP contribution in [0.4, 0.5) is 0 Å². The van der Waals surface area contributed by atoms with Crippen molar-refractivity contribution >= 4 is 21.6 Å². The van der Waals surface area contributed by atoms with Crippen molar-refractivity contribution in [2.45, 2.75) is 154 Å². The third-order valence-electron chi connectivity index (χ3n) is 18.4. The minimum Gasteiger partial charge on any atom is -0.0673 e. The van der Waals surface area contributed by atoms with Crippen LogP contribution in [0.3, 0.4) is 0 Å². The molecule has 16 aliphatic rings. The summed E-state index contributed by atoms with van der Waals surface area (Å²) in [6.45, 7) is 0. The highest BCUT2D eigenvalue weighted by atomic mass is 33.1. The predicted octanol–water partition coefficient (Wildman–Crippen LogP) is 13.0. The molecular weight excluding hydrogens is 593 g/mol. The fourth-order valence-corrected chi connectivity index (χ4v) is 22.2. The van der Waals surface area contributed by atoms with E-state index in [4.69, 9.17) is 0 Å². The summed E-state index contributed by atoms with van der Waals surface area (Å²) in [6, 6.07) is 0. The maximum Gasteiger partial charge on any atom is 0.00264 e. The van der Waals surface area contributed by atoms with E-state index in [1.807, 2.05) is 9.81 Å². The Morgan fingerprint density at radius 3 is 0.717 bits per heavy atom. The van der Waals surface area contributed by atoms with Gasteiger partial charge in [0, 0.05) is 10.8 Å². The first-order valence-corrected chi connectivity index (χ1v) is 23.3. The van der Waals surface area contributed by atoms with Crippen LogP contribution in [-0.4, -0.2) is 0 Å². The Hall–Kier alpha value is 0.180. The van der Waals surface area contributed by atoms with Gasteiger partial charge in [0.25, 0.3) is 0 Å². The smallest absolute Gasteiger partial charge is 0.00264 e. The molecule has 0 atom stereocenters. The van der Waals surface area contributed by atoms with Crippen LogP contribution in [0, 0.1) is 92.7 Å². The van der Waals surface area contributed by atoms with E-state index in [-0.39, 0.29) is 0 Å². The van der Waals surface area contributed by atoms with Gasteiger partial charge in [-0.1, -0.05) is 33.7 Å². The van der Waals surface area contributed by atoms with Crippen molar-refractivity contribution in [3.63, 3.8) is 0 Å². The second kappa shape index (κ2) is 9.94. The summed E-state index contributed by atoms with van der Waals surface area (Å²) in [4.78, 5) is 3.97. The molecule has 0 spiro atoms. The van der Waals surface area contributed by atoms with Gasteiger partial charge in [0.15, 0.2) is 0 Å². The van der Waals surface area contributed by atoms with E-state index >= 15 is 0 Å².